The molecule has 1 aliphatic rings. The molecule has 4 aromatic rings. The number of benzene rings is 1. The van der Waals surface area contributed by atoms with Gasteiger partial charge in [-0.1, -0.05) is 0 Å². The van der Waals surface area contributed by atoms with Gasteiger partial charge in [0, 0.05) is 49.7 Å². The van der Waals surface area contributed by atoms with E-state index in [0.29, 0.717) is 11.5 Å². The summed E-state index contributed by atoms with van der Waals surface area (Å²) >= 11 is 0. The van der Waals surface area contributed by atoms with Crippen LogP contribution in [0.25, 0.3) is 33.9 Å². The molecule has 146 valence electrons. The number of halogens is 1. The normalized spacial score (nSPS) is 15.2. The van der Waals surface area contributed by atoms with Crippen molar-refractivity contribution < 1.29 is 4.39 Å². The van der Waals surface area contributed by atoms with Crippen LogP contribution in [0.2, 0.25) is 0 Å². The fourth-order valence-corrected chi connectivity index (χ4v) is 3.50. The summed E-state index contributed by atoms with van der Waals surface area (Å²) in [6.07, 6.45) is 3.47. The van der Waals surface area contributed by atoms with Gasteiger partial charge < -0.3 is 14.8 Å². The van der Waals surface area contributed by atoms with Gasteiger partial charge in [-0.3, -0.25) is 4.98 Å². The first kappa shape index (κ1) is 17.7. The van der Waals surface area contributed by atoms with Gasteiger partial charge in [0.15, 0.2) is 22.8 Å². The highest BCUT2D eigenvalue weighted by Crippen LogP contribution is 2.29. The number of imidazole rings is 1. The van der Waals surface area contributed by atoms with Crippen molar-refractivity contribution in [1.82, 2.24) is 29.8 Å². The zero-order valence-corrected chi connectivity index (χ0v) is 16.0. The number of nitrogens with zero attached hydrogens (tertiary/aromatic N) is 6. The van der Waals surface area contributed by atoms with E-state index in [9.17, 15) is 4.39 Å². The second kappa shape index (κ2) is 7.21. The molecule has 4 heterocycles. The topological polar surface area (TPSA) is 73.8 Å². The zero-order valence-electron chi connectivity index (χ0n) is 16.0. The number of aromatic amines is 1. The Kier molecular flexibility index (Phi) is 4.40. The molecule has 0 amide bonds. The van der Waals surface area contributed by atoms with Crippen LogP contribution in [-0.2, 0) is 0 Å². The second-order valence-electron chi connectivity index (χ2n) is 7.19. The van der Waals surface area contributed by atoms with E-state index < -0.39 is 0 Å². The number of hydrogen-bond acceptors (Lipinski definition) is 6. The van der Waals surface area contributed by atoms with Gasteiger partial charge in [-0.15, -0.1) is 0 Å². The average molecular weight is 389 g/mol. The van der Waals surface area contributed by atoms with E-state index in [2.05, 4.69) is 31.8 Å². The van der Waals surface area contributed by atoms with Crippen LogP contribution in [0.15, 0.2) is 48.8 Å². The Labute approximate surface area is 167 Å². The van der Waals surface area contributed by atoms with Gasteiger partial charge in [0.2, 0.25) is 0 Å². The highest BCUT2D eigenvalue weighted by atomic mass is 19.1. The van der Waals surface area contributed by atoms with Gasteiger partial charge in [0.25, 0.3) is 0 Å². The van der Waals surface area contributed by atoms with Gasteiger partial charge >= 0.3 is 0 Å². The van der Waals surface area contributed by atoms with Crippen LogP contribution < -0.4 is 4.90 Å². The third kappa shape index (κ3) is 3.42. The first-order valence-corrected chi connectivity index (χ1v) is 9.55. The third-order valence-corrected chi connectivity index (χ3v) is 5.19. The lowest BCUT2D eigenvalue weighted by molar-refractivity contribution is 0.312. The molecule has 1 aromatic carbocycles. The molecule has 29 heavy (non-hydrogen) atoms. The molecule has 0 atom stereocenters. The average Bonchev–Trinajstić information content (AvgIpc) is 3.19. The highest BCUT2D eigenvalue weighted by Gasteiger charge is 2.22. The van der Waals surface area contributed by atoms with E-state index in [1.165, 1.54) is 12.1 Å². The molecule has 8 heteroatoms. The molecular formula is C21H20FN7. The first-order chi connectivity index (χ1) is 14.2. The van der Waals surface area contributed by atoms with E-state index in [-0.39, 0.29) is 5.82 Å². The largest absolute Gasteiger partial charge is 0.352 e. The van der Waals surface area contributed by atoms with Crippen molar-refractivity contribution in [1.29, 1.82) is 0 Å². The Balaban J connectivity index is 1.66. The molecule has 1 N–H and O–H groups in total. The molecule has 3 aromatic heterocycles. The lowest BCUT2D eigenvalue weighted by Crippen LogP contribution is -2.45. The molecule has 1 aliphatic heterocycles. The van der Waals surface area contributed by atoms with E-state index in [4.69, 9.17) is 9.97 Å². The zero-order chi connectivity index (χ0) is 19.8. The molecule has 1 fully saturated rings. The van der Waals surface area contributed by atoms with E-state index in [1.54, 1.807) is 24.5 Å². The Morgan fingerprint density at radius 3 is 2.31 bits per heavy atom. The quantitative estimate of drug-likeness (QED) is 0.581. The predicted octanol–water partition coefficient (Wildman–Crippen LogP) is 2.97. The summed E-state index contributed by atoms with van der Waals surface area (Å²) in [4.78, 5) is 26.3. The van der Waals surface area contributed by atoms with Gasteiger partial charge in [-0.2, -0.15) is 0 Å². The second-order valence-corrected chi connectivity index (χ2v) is 7.19. The molecular weight excluding hydrogens is 369 g/mol. The maximum absolute atomic E-state index is 13.4. The minimum atomic E-state index is -0.282. The Bertz CT molecular complexity index is 1130. The summed E-state index contributed by atoms with van der Waals surface area (Å²) < 4.78 is 13.4. The lowest BCUT2D eigenvalue weighted by atomic mass is 10.2. The number of H-pyrrole nitrogens is 1. The lowest BCUT2D eigenvalue weighted by Gasteiger charge is -2.33. The summed E-state index contributed by atoms with van der Waals surface area (Å²) in [5.74, 6) is 1.80. The van der Waals surface area contributed by atoms with Crippen molar-refractivity contribution >= 4 is 17.0 Å². The summed E-state index contributed by atoms with van der Waals surface area (Å²) in [6, 6.07) is 10.1. The number of hydrogen-bond donors (Lipinski definition) is 1. The molecule has 0 saturated carbocycles. The molecule has 5 rings (SSSR count). The molecule has 1 saturated heterocycles. The van der Waals surface area contributed by atoms with Crippen LogP contribution >= 0.6 is 0 Å². The molecule has 0 spiro atoms. The summed E-state index contributed by atoms with van der Waals surface area (Å²) in [5, 5.41) is 0. The fourth-order valence-electron chi connectivity index (χ4n) is 3.50. The van der Waals surface area contributed by atoms with E-state index in [0.717, 1.165) is 54.5 Å². The first-order valence-electron chi connectivity index (χ1n) is 9.55. The van der Waals surface area contributed by atoms with Crippen molar-refractivity contribution in [2.45, 2.75) is 0 Å². The van der Waals surface area contributed by atoms with Gasteiger partial charge in [-0.25, -0.2) is 19.3 Å². The third-order valence-electron chi connectivity index (χ3n) is 5.19. The van der Waals surface area contributed by atoms with Gasteiger partial charge in [0.1, 0.15) is 11.6 Å². The van der Waals surface area contributed by atoms with Gasteiger partial charge in [-0.05, 0) is 43.4 Å². The van der Waals surface area contributed by atoms with Crippen molar-refractivity contribution in [3.05, 3.63) is 54.6 Å². The minimum absolute atomic E-state index is 0.282. The van der Waals surface area contributed by atoms with Crippen molar-refractivity contribution in [2.75, 3.05) is 38.1 Å². The molecule has 0 unspecified atom stereocenters. The SMILES string of the molecule is CN1CCN(c2nc(-c3ccc(F)cc3)nc3[nH]c(-c4ccncc4)nc23)CC1. The highest BCUT2D eigenvalue weighted by molar-refractivity contribution is 5.88. The fraction of sp³-hybridized carbons (Fsp3) is 0.238. The number of pyridine rings is 1. The number of piperazine rings is 1. The number of rotatable bonds is 3. The number of nitrogens with one attached hydrogen (secondary N) is 1. The summed E-state index contributed by atoms with van der Waals surface area (Å²) in [5.41, 5.74) is 3.11. The number of likely N-dealkylation sites (N-methyl/N-ethyl adjacent to an activating group) is 1. The van der Waals surface area contributed by atoms with Crippen LogP contribution in [0.1, 0.15) is 0 Å². The van der Waals surface area contributed by atoms with Crippen molar-refractivity contribution in [3.63, 3.8) is 0 Å². The van der Waals surface area contributed by atoms with Crippen LogP contribution in [0.4, 0.5) is 10.2 Å². The number of anilines is 1. The monoisotopic (exact) mass is 389 g/mol. The Hall–Kier alpha value is -3.39. The number of aromatic nitrogens is 5. The van der Waals surface area contributed by atoms with Crippen molar-refractivity contribution in [2.24, 2.45) is 0 Å². The maximum atomic E-state index is 13.4. The van der Waals surface area contributed by atoms with Gasteiger partial charge in [0.05, 0.1) is 0 Å². The van der Waals surface area contributed by atoms with E-state index in [1.807, 2.05) is 12.1 Å². The molecule has 0 radical (unpaired) electrons. The predicted molar refractivity (Wildman–Crippen MR) is 110 cm³/mol. The Morgan fingerprint density at radius 1 is 0.862 bits per heavy atom. The Morgan fingerprint density at radius 2 is 1.59 bits per heavy atom. The molecule has 0 aliphatic carbocycles. The standard InChI is InChI=1S/C21H20FN7/c1-28-10-12-29(13-11-28)21-17-20(25-18(24-17)15-6-8-23-9-7-15)26-19(27-21)14-2-4-16(22)5-3-14/h2-9H,10-13H2,1H3,(H,24,25,26,27). The molecule has 7 nitrogen and oxygen atoms in total. The maximum Gasteiger partial charge on any atom is 0.164 e. The van der Waals surface area contributed by atoms with Crippen molar-refractivity contribution in [3.8, 4) is 22.8 Å². The van der Waals surface area contributed by atoms with E-state index >= 15 is 0 Å². The molecule has 0 bridgehead atoms. The van der Waals surface area contributed by atoms with Crippen LogP contribution in [0, 0.1) is 5.82 Å². The summed E-state index contributed by atoms with van der Waals surface area (Å²) in [7, 11) is 2.12. The number of fused-ring (bicyclic) bond motifs is 1. The van der Waals surface area contributed by atoms with Crippen LogP contribution in [-0.4, -0.2) is 63.0 Å². The minimum Gasteiger partial charge on any atom is -0.352 e. The van der Waals surface area contributed by atoms with Crippen LogP contribution in [0.5, 0.6) is 0 Å². The summed E-state index contributed by atoms with van der Waals surface area (Å²) in [6.45, 7) is 3.64. The smallest absolute Gasteiger partial charge is 0.164 e. The van der Waals surface area contributed by atoms with Crippen LogP contribution in [0.3, 0.4) is 0 Å².